The Labute approximate surface area is 78.7 Å². The number of hydrogen-bond acceptors (Lipinski definition) is 3. The van der Waals surface area contributed by atoms with Crippen LogP contribution in [0.5, 0.6) is 0 Å². The smallest absolute Gasteiger partial charge is 0.0851 e. The highest BCUT2D eigenvalue weighted by Crippen LogP contribution is 2.29. The first-order valence-electron chi connectivity index (χ1n) is 5.05. The van der Waals surface area contributed by atoms with Gasteiger partial charge in [-0.15, -0.1) is 0 Å². The van der Waals surface area contributed by atoms with Gasteiger partial charge in [0.05, 0.1) is 18.3 Å². The van der Waals surface area contributed by atoms with E-state index < -0.39 is 6.10 Å². The van der Waals surface area contributed by atoms with Crippen molar-refractivity contribution < 1.29 is 11.2 Å². The van der Waals surface area contributed by atoms with Crippen molar-refractivity contribution in [2.24, 2.45) is 11.0 Å². The molecule has 1 aliphatic rings. The van der Waals surface area contributed by atoms with E-state index in [4.69, 9.17) is 11.6 Å². The average molecular weight is 186 g/mol. The Hall–Kier alpha value is -0.770. The number of rotatable bonds is 3. The van der Waals surface area contributed by atoms with Gasteiger partial charge in [0, 0.05) is 18.7 Å². The summed E-state index contributed by atoms with van der Waals surface area (Å²) in [4.78, 5) is 2.65. The molecule has 0 aromatic carbocycles. The standard InChI is InChI=1S/C8H15N3O2/c1-5-7(3-4-10-11-9)8(12)6(2)13-5/h5-8,12H,3-4H2,1-2H3/t5-,6+,7+,8?/m1/s1/i1D. The van der Waals surface area contributed by atoms with Gasteiger partial charge < -0.3 is 9.84 Å². The maximum Gasteiger partial charge on any atom is 0.0851 e. The molecule has 1 fully saturated rings. The summed E-state index contributed by atoms with van der Waals surface area (Å²) in [5.74, 6) is -0.0759. The maximum absolute atomic E-state index is 9.72. The van der Waals surface area contributed by atoms with Crippen LogP contribution in [0.25, 0.3) is 10.4 Å². The Morgan fingerprint density at radius 3 is 3.08 bits per heavy atom. The van der Waals surface area contributed by atoms with Gasteiger partial charge in [0.25, 0.3) is 0 Å². The fourth-order valence-electron chi connectivity index (χ4n) is 1.63. The molecule has 0 aromatic heterocycles. The lowest BCUT2D eigenvalue weighted by Gasteiger charge is -2.15. The van der Waals surface area contributed by atoms with Crippen molar-refractivity contribution in [3.63, 3.8) is 0 Å². The molecule has 0 aliphatic carbocycles. The Morgan fingerprint density at radius 1 is 1.69 bits per heavy atom. The normalized spacial score (nSPS) is 39.7. The Morgan fingerprint density at radius 2 is 2.46 bits per heavy atom. The summed E-state index contributed by atoms with van der Waals surface area (Å²) >= 11 is 0. The van der Waals surface area contributed by atoms with Crippen molar-refractivity contribution in [3.05, 3.63) is 10.4 Å². The van der Waals surface area contributed by atoms with Gasteiger partial charge in [-0.1, -0.05) is 5.11 Å². The highest BCUT2D eigenvalue weighted by atomic mass is 16.5. The van der Waals surface area contributed by atoms with E-state index in [2.05, 4.69) is 10.0 Å². The third kappa shape index (κ3) is 2.34. The van der Waals surface area contributed by atoms with Crippen molar-refractivity contribution >= 4 is 0 Å². The first-order chi connectivity index (χ1) is 6.70. The van der Waals surface area contributed by atoms with Gasteiger partial charge in [-0.05, 0) is 25.8 Å². The van der Waals surface area contributed by atoms with Crippen LogP contribution in [0.15, 0.2) is 5.11 Å². The van der Waals surface area contributed by atoms with Crippen LogP contribution in [-0.2, 0) is 4.74 Å². The molecule has 1 saturated heterocycles. The number of ether oxygens (including phenoxy) is 1. The summed E-state index contributed by atoms with van der Waals surface area (Å²) in [5.41, 5.74) is 8.11. The predicted molar refractivity (Wildman–Crippen MR) is 48.1 cm³/mol. The first-order valence-corrected chi connectivity index (χ1v) is 4.34. The molecule has 0 saturated carbocycles. The van der Waals surface area contributed by atoms with Gasteiger partial charge in [-0.25, -0.2) is 0 Å². The molecular formula is C8H15N3O2. The van der Waals surface area contributed by atoms with E-state index in [1.807, 2.05) is 0 Å². The topological polar surface area (TPSA) is 78.2 Å². The van der Waals surface area contributed by atoms with Crippen molar-refractivity contribution in [1.29, 1.82) is 0 Å². The highest BCUT2D eigenvalue weighted by molar-refractivity contribution is 4.86. The summed E-state index contributed by atoms with van der Waals surface area (Å²) in [6, 6.07) is 0. The Kier molecular flexibility index (Phi) is 3.02. The molecule has 0 amide bonds. The van der Waals surface area contributed by atoms with E-state index >= 15 is 0 Å². The molecular weight excluding hydrogens is 170 g/mol. The van der Waals surface area contributed by atoms with Gasteiger partial charge >= 0.3 is 0 Å². The monoisotopic (exact) mass is 186 g/mol. The molecule has 0 bridgehead atoms. The second-order valence-electron chi connectivity index (χ2n) is 3.28. The lowest BCUT2D eigenvalue weighted by Crippen LogP contribution is -2.25. The fourth-order valence-corrected chi connectivity index (χ4v) is 1.63. The van der Waals surface area contributed by atoms with E-state index in [9.17, 15) is 5.11 Å². The fraction of sp³-hybridized carbons (Fsp3) is 1.00. The van der Waals surface area contributed by atoms with E-state index in [-0.39, 0.29) is 25.0 Å². The van der Waals surface area contributed by atoms with Crippen molar-refractivity contribution in [2.75, 3.05) is 6.54 Å². The average Bonchev–Trinajstić information content (AvgIpc) is 2.45. The number of azide groups is 1. The zero-order valence-corrected chi connectivity index (χ0v) is 7.63. The Balaban J connectivity index is 2.50. The minimum absolute atomic E-state index is 0.0759. The first kappa shape index (κ1) is 8.81. The molecule has 1 rings (SSSR count). The summed E-state index contributed by atoms with van der Waals surface area (Å²) in [6.07, 6.45) is -0.409. The van der Waals surface area contributed by atoms with Crippen LogP contribution in [0.1, 0.15) is 21.6 Å². The highest BCUT2D eigenvalue weighted by Gasteiger charge is 2.37. The number of aliphatic hydroxyl groups is 1. The van der Waals surface area contributed by atoms with Crippen LogP contribution >= 0.6 is 0 Å². The second-order valence-corrected chi connectivity index (χ2v) is 3.28. The zero-order valence-electron chi connectivity index (χ0n) is 8.63. The van der Waals surface area contributed by atoms with E-state index in [1.165, 1.54) is 0 Å². The summed E-state index contributed by atoms with van der Waals surface area (Å²) in [7, 11) is 0. The van der Waals surface area contributed by atoms with E-state index in [0.717, 1.165) is 0 Å². The maximum atomic E-state index is 9.72. The molecule has 1 aliphatic heterocycles. The quantitative estimate of drug-likeness (QED) is 0.411. The van der Waals surface area contributed by atoms with E-state index in [0.29, 0.717) is 13.0 Å². The van der Waals surface area contributed by atoms with Gasteiger partial charge in [0.2, 0.25) is 0 Å². The van der Waals surface area contributed by atoms with Crippen LogP contribution in [-0.4, -0.2) is 30.0 Å². The molecule has 0 aromatic rings. The summed E-state index contributed by atoms with van der Waals surface area (Å²) in [5, 5.41) is 13.1. The molecule has 74 valence electrons. The van der Waals surface area contributed by atoms with Crippen LogP contribution in [0.3, 0.4) is 0 Å². The largest absolute Gasteiger partial charge is 0.390 e. The predicted octanol–water partition coefficient (Wildman–Crippen LogP) is 1.47. The molecule has 4 atom stereocenters. The molecule has 13 heavy (non-hydrogen) atoms. The van der Waals surface area contributed by atoms with Gasteiger partial charge in [-0.3, -0.25) is 0 Å². The van der Waals surface area contributed by atoms with E-state index in [1.54, 1.807) is 6.92 Å². The summed E-state index contributed by atoms with van der Waals surface area (Å²) in [6.45, 7) is 2.29. The van der Waals surface area contributed by atoms with Gasteiger partial charge in [-0.2, -0.15) is 0 Å². The van der Waals surface area contributed by atoms with Crippen LogP contribution in [0, 0.1) is 5.92 Å². The number of aliphatic hydroxyl groups excluding tert-OH is 1. The molecule has 1 N–H and O–H groups in total. The SMILES string of the molecule is [2H]C[C@H]1O[C@@H](C)C(O)[C@H]1CCN=[N+]=[N-]. The van der Waals surface area contributed by atoms with Gasteiger partial charge in [0.1, 0.15) is 0 Å². The van der Waals surface area contributed by atoms with Crippen molar-refractivity contribution in [1.82, 2.24) is 0 Å². The number of hydrogen-bond donors (Lipinski definition) is 1. The third-order valence-corrected chi connectivity index (χ3v) is 2.41. The number of nitrogens with zero attached hydrogens (tertiary/aromatic N) is 3. The molecule has 1 heterocycles. The van der Waals surface area contributed by atoms with Crippen molar-refractivity contribution in [3.8, 4) is 0 Å². The molecule has 1 unspecified atom stereocenters. The van der Waals surface area contributed by atoms with Crippen LogP contribution in [0.2, 0.25) is 0 Å². The van der Waals surface area contributed by atoms with Crippen LogP contribution < -0.4 is 0 Å². The lowest BCUT2D eigenvalue weighted by molar-refractivity contribution is 0.0287. The molecule has 5 heteroatoms. The molecule has 0 radical (unpaired) electrons. The lowest BCUT2D eigenvalue weighted by atomic mass is 9.94. The Bertz CT molecular complexity index is 233. The zero-order chi connectivity index (χ0) is 10.6. The third-order valence-electron chi connectivity index (χ3n) is 2.41. The molecule has 5 nitrogen and oxygen atoms in total. The minimum Gasteiger partial charge on any atom is -0.390 e. The minimum atomic E-state index is -0.542. The second kappa shape index (κ2) is 4.46. The van der Waals surface area contributed by atoms with Crippen LogP contribution in [0.4, 0.5) is 0 Å². The summed E-state index contributed by atoms with van der Waals surface area (Å²) < 4.78 is 12.6. The van der Waals surface area contributed by atoms with Crippen molar-refractivity contribution in [2.45, 2.75) is 38.6 Å². The molecule has 0 spiro atoms. The van der Waals surface area contributed by atoms with Gasteiger partial charge in [0.15, 0.2) is 0 Å².